The van der Waals surface area contributed by atoms with Crippen molar-refractivity contribution in [1.82, 2.24) is 4.98 Å². The summed E-state index contributed by atoms with van der Waals surface area (Å²) in [6.07, 6.45) is 3.93. The maximum atomic E-state index is 12.0. The Labute approximate surface area is 173 Å². The number of hydrogen-bond acceptors (Lipinski definition) is 4. The number of carbonyl (C=O) groups excluding carboxylic acids is 1. The molecule has 0 bridgehead atoms. The standard InChI is InChI=1S/C25H29NO3/c1-7-28-21(27)20-15-19-14-17(8-9-18(19)16-26-20)10-11-25-23(4,5)13-12-22(2,3)24(25,6)29-25/h8-9,14-16H,7,12-13H2,1-6H3. The Morgan fingerprint density at radius 3 is 2.55 bits per heavy atom. The Bertz CT molecular complexity index is 1060. The number of epoxide rings is 1. The second-order valence-corrected chi connectivity index (χ2v) is 9.69. The molecule has 29 heavy (non-hydrogen) atoms. The predicted octanol–water partition coefficient (Wildman–Crippen LogP) is 5.14. The van der Waals surface area contributed by atoms with E-state index in [2.05, 4.69) is 51.4 Å². The maximum Gasteiger partial charge on any atom is 0.356 e. The molecule has 1 saturated heterocycles. The van der Waals surface area contributed by atoms with Crippen LogP contribution in [0.2, 0.25) is 0 Å². The van der Waals surface area contributed by atoms with Gasteiger partial charge in [-0.25, -0.2) is 9.78 Å². The molecular formula is C25H29NO3. The van der Waals surface area contributed by atoms with Crippen molar-refractivity contribution in [1.29, 1.82) is 0 Å². The lowest BCUT2D eigenvalue weighted by molar-refractivity contribution is 0.0519. The highest BCUT2D eigenvalue weighted by molar-refractivity contribution is 5.93. The summed E-state index contributed by atoms with van der Waals surface area (Å²) in [5.74, 6) is 6.48. The number of pyridine rings is 1. The molecule has 0 N–H and O–H groups in total. The van der Waals surface area contributed by atoms with Crippen molar-refractivity contribution in [2.24, 2.45) is 10.8 Å². The van der Waals surface area contributed by atoms with Gasteiger partial charge in [0.1, 0.15) is 11.3 Å². The van der Waals surface area contributed by atoms with Crippen molar-refractivity contribution in [2.45, 2.75) is 65.6 Å². The average molecular weight is 392 g/mol. The summed E-state index contributed by atoms with van der Waals surface area (Å²) in [5.41, 5.74) is 0.668. The average Bonchev–Trinajstić information content (AvgIpc) is 3.33. The van der Waals surface area contributed by atoms with Crippen LogP contribution in [-0.2, 0) is 9.47 Å². The number of hydrogen-bond donors (Lipinski definition) is 0. The molecule has 4 nitrogen and oxygen atoms in total. The van der Waals surface area contributed by atoms with E-state index in [1.165, 1.54) is 0 Å². The molecule has 1 aliphatic heterocycles. The molecule has 1 aromatic carbocycles. The molecule has 1 aromatic heterocycles. The molecule has 0 amide bonds. The van der Waals surface area contributed by atoms with Crippen molar-refractivity contribution in [3.8, 4) is 11.8 Å². The Morgan fingerprint density at radius 1 is 1.10 bits per heavy atom. The van der Waals surface area contributed by atoms with E-state index >= 15 is 0 Å². The molecule has 4 heteroatoms. The lowest BCUT2D eigenvalue weighted by atomic mass is 9.55. The van der Waals surface area contributed by atoms with E-state index in [4.69, 9.17) is 9.47 Å². The monoisotopic (exact) mass is 391 g/mol. The molecule has 2 heterocycles. The number of ether oxygens (including phenoxy) is 2. The van der Waals surface area contributed by atoms with Gasteiger partial charge in [-0.1, -0.05) is 45.6 Å². The van der Waals surface area contributed by atoms with Crippen LogP contribution in [0.15, 0.2) is 30.5 Å². The van der Waals surface area contributed by atoms with Crippen LogP contribution < -0.4 is 0 Å². The highest BCUT2D eigenvalue weighted by Crippen LogP contribution is 2.71. The second-order valence-electron chi connectivity index (χ2n) is 9.69. The van der Waals surface area contributed by atoms with Crippen LogP contribution in [-0.4, -0.2) is 28.8 Å². The Kier molecular flexibility index (Phi) is 4.33. The van der Waals surface area contributed by atoms with Crippen molar-refractivity contribution < 1.29 is 14.3 Å². The Morgan fingerprint density at radius 2 is 1.83 bits per heavy atom. The molecule has 2 aromatic rings. The first-order chi connectivity index (χ1) is 13.6. The zero-order valence-electron chi connectivity index (χ0n) is 18.2. The lowest BCUT2D eigenvalue weighted by Crippen LogP contribution is -2.49. The number of carbonyl (C=O) groups is 1. The molecular weight excluding hydrogens is 362 g/mol. The third-order valence-electron chi connectivity index (χ3n) is 7.20. The number of benzene rings is 1. The van der Waals surface area contributed by atoms with Crippen molar-refractivity contribution >= 4 is 16.7 Å². The maximum absolute atomic E-state index is 12.0. The molecule has 1 aliphatic carbocycles. The van der Waals surface area contributed by atoms with Crippen LogP contribution in [0.4, 0.5) is 0 Å². The molecule has 0 radical (unpaired) electrons. The summed E-state index contributed by atoms with van der Waals surface area (Å²) < 4.78 is 11.5. The fraction of sp³-hybridized carbons (Fsp3) is 0.520. The molecule has 152 valence electrons. The van der Waals surface area contributed by atoms with Gasteiger partial charge in [0.15, 0.2) is 5.60 Å². The molecule has 2 fully saturated rings. The van der Waals surface area contributed by atoms with Crippen molar-refractivity contribution in [3.05, 3.63) is 41.7 Å². The first-order valence-electron chi connectivity index (χ1n) is 10.4. The van der Waals surface area contributed by atoms with E-state index < -0.39 is 11.6 Å². The molecule has 2 unspecified atom stereocenters. The molecule has 4 rings (SSSR count). The third-order valence-corrected chi connectivity index (χ3v) is 7.20. The smallest absolute Gasteiger partial charge is 0.356 e. The normalized spacial score (nSPS) is 28.8. The van der Waals surface area contributed by atoms with Gasteiger partial charge >= 0.3 is 5.97 Å². The van der Waals surface area contributed by atoms with Gasteiger partial charge in [-0.3, -0.25) is 0 Å². The number of esters is 1. The lowest BCUT2D eigenvalue weighted by Gasteiger charge is -2.43. The van der Waals surface area contributed by atoms with E-state index in [0.717, 1.165) is 29.2 Å². The van der Waals surface area contributed by atoms with Gasteiger partial charge in [-0.2, -0.15) is 0 Å². The Hall–Kier alpha value is -2.38. The zero-order chi connectivity index (χ0) is 21.1. The van der Waals surface area contributed by atoms with Gasteiger partial charge in [0, 0.05) is 22.6 Å². The van der Waals surface area contributed by atoms with Crippen molar-refractivity contribution in [2.75, 3.05) is 6.61 Å². The van der Waals surface area contributed by atoms with Crippen LogP contribution in [0.1, 0.15) is 70.4 Å². The SMILES string of the molecule is CCOC(=O)c1cc2cc(C#CC34OC3(C)C(C)(C)CCC4(C)C)ccc2cn1. The minimum absolute atomic E-state index is 0.00210. The van der Waals surface area contributed by atoms with Gasteiger partial charge in [-0.15, -0.1) is 0 Å². The van der Waals surface area contributed by atoms with Crippen LogP contribution in [0.3, 0.4) is 0 Å². The van der Waals surface area contributed by atoms with Crippen LogP contribution in [0, 0.1) is 22.7 Å². The fourth-order valence-corrected chi connectivity index (χ4v) is 4.73. The van der Waals surface area contributed by atoms with Crippen LogP contribution in [0.5, 0.6) is 0 Å². The summed E-state index contributed by atoms with van der Waals surface area (Å²) in [7, 11) is 0. The zero-order valence-corrected chi connectivity index (χ0v) is 18.2. The topological polar surface area (TPSA) is 51.7 Å². The van der Waals surface area contributed by atoms with Crippen molar-refractivity contribution in [3.63, 3.8) is 0 Å². The predicted molar refractivity (Wildman–Crippen MR) is 114 cm³/mol. The highest BCUT2D eigenvalue weighted by Gasteiger charge is 2.80. The van der Waals surface area contributed by atoms with E-state index in [0.29, 0.717) is 12.3 Å². The van der Waals surface area contributed by atoms with Gasteiger partial charge in [-0.05, 0) is 55.7 Å². The van der Waals surface area contributed by atoms with E-state index in [-0.39, 0.29) is 16.4 Å². The first-order valence-corrected chi connectivity index (χ1v) is 10.4. The van der Waals surface area contributed by atoms with Crippen LogP contribution >= 0.6 is 0 Å². The van der Waals surface area contributed by atoms with E-state index in [1.54, 1.807) is 19.2 Å². The third kappa shape index (κ3) is 2.87. The summed E-state index contributed by atoms with van der Waals surface area (Å²) in [6.45, 7) is 13.4. The van der Waals surface area contributed by atoms with E-state index in [1.807, 2.05) is 18.2 Å². The second kappa shape index (κ2) is 6.31. The van der Waals surface area contributed by atoms with Crippen LogP contribution in [0.25, 0.3) is 10.8 Å². The van der Waals surface area contributed by atoms with Gasteiger partial charge in [0.25, 0.3) is 0 Å². The minimum atomic E-state index is -0.426. The van der Waals surface area contributed by atoms with Gasteiger partial charge in [0.05, 0.1) is 6.61 Å². The van der Waals surface area contributed by atoms with Gasteiger partial charge in [0.2, 0.25) is 0 Å². The molecule has 2 aliphatic rings. The van der Waals surface area contributed by atoms with Gasteiger partial charge < -0.3 is 9.47 Å². The number of nitrogens with zero attached hydrogens (tertiary/aromatic N) is 1. The summed E-state index contributed by atoms with van der Waals surface area (Å²) in [4.78, 5) is 16.2. The summed E-state index contributed by atoms with van der Waals surface area (Å²) in [6, 6.07) is 7.76. The van der Waals surface area contributed by atoms with E-state index in [9.17, 15) is 4.79 Å². The number of rotatable bonds is 2. The quantitative estimate of drug-likeness (QED) is 0.404. The largest absolute Gasteiger partial charge is 0.461 e. The fourth-order valence-electron chi connectivity index (χ4n) is 4.73. The number of aromatic nitrogens is 1. The minimum Gasteiger partial charge on any atom is -0.461 e. The first kappa shape index (κ1) is 19.9. The summed E-state index contributed by atoms with van der Waals surface area (Å²) >= 11 is 0. The summed E-state index contributed by atoms with van der Waals surface area (Å²) in [5, 5.41) is 1.89. The number of fused-ring (bicyclic) bond motifs is 2. The Balaban J connectivity index is 1.70. The molecule has 1 saturated carbocycles. The molecule has 0 spiro atoms. The molecule has 2 atom stereocenters. The highest BCUT2D eigenvalue weighted by atomic mass is 16.6.